The first kappa shape index (κ1) is 17.0. The Balaban J connectivity index is 1.73. The number of hydrogen-bond donors (Lipinski definition) is 0. The van der Waals surface area contributed by atoms with E-state index in [0.29, 0.717) is 6.61 Å². The quantitative estimate of drug-likeness (QED) is 0.379. The highest BCUT2D eigenvalue weighted by Gasteiger charge is 2.08. The molecule has 0 unspecified atom stereocenters. The fraction of sp³-hybridized carbons (Fsp3) is 0.136. The molecule has 0 saturated heterocycles. The summed E-state index contributed by atoms with van der Waals surface area (Å²) < 4.78 is 2.08. The summed E-state index contributed by atoms with van der Waals surface area (Å²) in [5.41, 5.74) is 6.88. The van der Waals surface area contributed by atoms with Crippen LogP contribution in [-0.2, 0) is 4.84 Å². The fourth-order valence-electron chi connectivity index (χ4n) is 3.01. The van der Waals surface area contributed by atoms with E-state index in [2.05, 4.69) is 44.0 Å². The Labute approximate surface area is 158 Å². The summed E-state index contributed by atoms with van der Waals surface area (Å²) in [4.78, 5) is 14.2. The van der Waals surface area contributed by atoms with Gasteiger partial charge in [0.15, 0.2) is 0 Å². The monoisotopic (exact) mass is 356 g/mol. The van der Waals surface area contributed by atoms with Gasteiger partial charge in [-0.3, -0.25) is 9.55 Å². The molecule has 0 spiro atoms. The molecular weight excluding hydrogens is 336 g/mol. The van der Waals surface area contributed by atoms with Crippen LogP contribution in [0.1, 0.15) is 19.4 Å². The number of oxime groups is 1. The van der Waals surface area contributed by atoms with E-state index in [0.717, 1.165) is 39.3 Å². The number of aromatic nitrogens is 3. The van der Waals surface area contributed by atoms with E-state index in [-0.39, 0.29) is 0 Å². The molecule has 27 heavy (non-hydrogen) atoms. The highest BCUT2D eigenvalue weighted by atomic mass is 16.6. The molecule has 0 radical (unpaired) electrons. The summed E-state index contributed by atoms with van der Waals surface area (Å²) in [6, 6.07) is 20.4. The number of benzene rings is 2. The van der Waals surface area contributed by atoms with Gasteiger partial charge in [-0.2, -0.15) is 0 Å². The first-order valence-corrected chi connectivity index (χ1v) is 8.92. The number of pyridine rings is 1. The molecule has 0 atom stereocenters. The number of imidazole rings is 1. The maximum absolute atomic E-state index is 5.15. The first-order valence-electron chi connectivity index (χ1n) is 8.92. The van der Waals surface area contributed by atoms with Gasteiger partial charge in [-0.15, -0.1) is 0 Å². The summed E-state index contributed by atoms with van der Waals surface area (Å²) in [7, 11) is 0. The normalized spacial score (nSPS) is 11.7. The van der Waals surface area contributed by atoms with Gasteiger partial charge in [0.25, 0.3) is 0 Å². The van der Waals surface area contributed by atoms with E-state index < -0.39 is 0 Å². The van der Waals surface area contributed by atoms with Crippen LogP contribution >= 0.6 is 0 Å². The van der Waals surface area contributed by atoms with Crippen molar-refractivity contribution in [3.63, 3.8) is 0 Å². The molecule has 0 N–H and O–H groups in total. The molecule has 5 heteroatoms. The first-order chi connectivity index (χ1) is 13.3. The number of rotatable bonds is 5. The summed E-state index contributed by atoms with van der Waals surface area (Å²) in [5.74, 6) is 0. The molecule has 4 aromatic rings. The average Bonchev–Trinajstić information content (AvgIpc) is 3.16. The minimum atomic E-state index is 0.556. The van der Waals surface area contributed by atoms with E-state index >= 15 is 0 Å². The number of fused-ring (bicyclic) bond motifs is 1. The van der Waals surface area contributed by atoms with Crippen LogP contribution in [0.4, 0.5) is 0 Å². The number of hydrogen-bond acceptors (Lipinski definition) is 4. The van der Waals surface area contributed by atoms with Gasteiger partial charge in [0.05, 0.1) is 22.4 Å². The summed E-state index contributed by atoms with van der Waals surface area (Å²) in [6.07, 6.45) is 3.66. The zero-order valence-electron chi connectivity index (χ0n) is 15.3. The highest BCUT2D eigenvalue weighted by Crippen LogP contribution is 2.24. The Morgan fingerprint density at radius 3 is 2.78 bits per heavy atom. The van der Waals surface area contributed by atoms with Crippen molar-refractivity contribution in [2.45, 2.75) is 13.8 Å². The SMILES string of the molecule is CCON=C(C)c1ccc2c(c1)ncn2-c1cccc(-c2ccccn2)c1. The van der Waals surface area contributed by atoms with E-state index in [1.165, 1.54) is 0 Å². The van der Waals surface area contributed by atoms with Gasteiger partial charge in [-0.05, 0) is 50.2 Å². The van der Waals surface area contributed by atoms with Crippen LogP contribution in [0.15, 0.2) is 78.3 Å². The van der Waals surface area contributed by atoms with Crippen molar-refractivity contribution < 1.29 is 4.84 Å². The Morgan fingerprint density at radius 1 is 1.04 bits per heavy atom. The topological polar surface area (TPSA) is 52.3 Å². The lowest BCUT2D eigenvalue weighted by atomic mass is 10.1. The molecule has 0 aliphatic heterocycles. The average molecular weight is 356 g/mol. The van der Waals surface area contributed by atoms with E-state index in [4.69, 9.17) is 4.84 Å². The third kappa shape index (κ3) is 3.44. The molecule has 5 nitrogen and oxygen atoms in total. The highest BCUT2D eigenvalue weighted by molar-refractivity contribution is 6.00. The van der Waals surface area contributed by atoms with Crippen molar-refractivity contribution in [3.8, 4) is 16.9 Å². The van der Waals surface area contributed by atoms with Crippen molar-refractivity contribution in [2.75, 3.05) is 6.61 Å². The maximum atomic E-state index is 5.15. The Morgan fingerprint density at radius 2 is 1.96 bits per heavy atom. The third-order valence-electron chi connectivity index (χ3n) is 4.38. The van der Waals surface area contributed by atoms with Gasteiger partial charge in [0, 0.05) is 23.0 Å². The van der Waals surface area contributed by atoms with Crippen molar-refractivity contribution in [1.82, 2.24) is 14.5 Å². The van der Waals surface area contributed by atoms with Crippen LogP contribution in [0.3, 0.4) is 0 Å². The largest absolute Gasteiger partial charge is 0.396 e. The van der Waals surface area contributed by atoms with Gasteiger partial charge in [0.1, 0.15) is 12.9 Å². The van der Waals surface area contributed by atoms with Crippen LogP contribution in [0.25, 0.3) is 28.0 Å². The predicted molar refractivity (Wildman–Crippen MR) is 108 cm³/mol. The second kappa shape index (κ2) is 7.41. The Bertz CT molecular complexity index is 1100. The lowest BCUT2D eigenvalue weighted by Gasteiger charge is -2.08. The van der Waals surface area contributed by atoms with E-state index in [1.54, 1.807) is 0 Å². The van der Waals surface area contributed by atoms with Crippen molar-refractivity contribution in [3.05, 3.63) is 78.8 Å². The van der Waals surface area contributed by atoms with Gasteiger partial charge >= 0.3 is 0 Å². The minimum Gasteiger partial charge on any atom is -0.396 e. The van der Waals surface area contributed by atoms with Crippen LogP contribution in [0.2, 0.25) is 0 Å². The predicted octanol–water partition coefficient (Wildman–Crippen LogP) is 4.85. The van der Waals surface area contributed by atoms with Crippen molar-refractivity contribution in [1.29, 1.82) is 0 Å². The van der Waals surface area contributed by atoms with Gasteiger partial charge in [-0.25, -0.2) is 4.98 Å². The Hall–Kier alpha value is -3.47. The standard InChI is InChI=1S/C22H20N4O/c1-3-27-25-16(2)17-10-11-22-21(14-17)24-15-26(22)19-8-6-7-18(13-19)20-9-4-5-12-23-20/h4-15H,3H2,1-2H3. The molecule has 4 rings (SSSR count). The molecule has 0 amide bonds. The summed E-state index contributed by atoms with van der Waals surface area (Å²) in [6.45, 7) is 4.41. The minimum absolute atomic E-state index is 0.556. The second-order valence-electron chi connectivity index (χ2n) is 6.18. The maximum Gasteiger partial charge on any atom is 0.114 e. The Kier molecular flexibility index (Phi) is 4.66. The fourth-order valence-corrected chi connectivity index (χ4v) is 3.01. The molecular formula is C22H20N4O. The summed E-state index contributed by atoms with van der Waals surface area (Å²) >= 11 is 0. The molecule has 0 bridgehead atoms. The number of nitrogens with zero attached hydrogens (tertiary/aromatic N) is 4. The molecule has 0 aliphatic rings. The molecule has 0 saturated carbocycles. The van der Waals surface area contributed by atoms with Crippen molar-refractivity contribution >= 4 is 16.7 Å². The smallest absolute Gasteiger partial charge is 0.114 e. The molecule has 2 aromatic heterocycles. The molecule has 134 valence electrons. The van der Waals surface area contributed by atoms with Crippen LogP contribution in [0, 0.1) is 0 Å². The van der Waals surface area contributed by atoms with Gasteiger partial charge < -0.3 is 4.84 Å². The lowest BCUT2D eigenvalue weighted by molar-refractivity contribution is 0.159. The zero-order valence-corrected chi connectivity index (χ0v) is 15.3. The van der Waals surface area contributed by atoms with Gasteiger partial charge in [-0.1, -0.05) is 29.4 Å². The van der Waals surface area contributed by atoms with Crippen LogP contribution in [-0.4, -0.2) is 26.9 Å². The molecule has 0 fully saturated rings. The van der Waals surface area contributed by atoms with Crippen LogP contribution in [0.5, 0.6) is 0 Å². The second-order valence-corrected chi connectivity index (χ2v) is 6.18. The molecule has 2 aromatic carbocycles. The molecule has 2 heterocycles. The van der Waals surface area contributed by atoms with Crippen LogP contribution < -0.4 is 0 Å². The van der Waals surface area contributed by atoms with Gasteiger partial charge in [0.2, 0.25) is 0 Å². The van der Waals surface area contributed by atoms with Crippen molar-refractivity contribution in [2.24, 2.45) is 5.16 Å². The lowest BCUT2D eigenvalue weighted by Crippen LogP contribution is -1.97. The third-order valence-corrected chi connectivity index (χ3v) is 4.38. The van der Waals surface area contributed by atoms with E-state index in [9.17, 15) is 0 Å². The molecule has 0 aliphatic carbocycles. The van der Waals surface area contributed by atoms with E-state index in [1.807, 2.05) is 62.8 Å². The summed E-state index contributed by atoms with van der Waals surface area (Å²) in [5, 5.41) is 4.10. The zero-order chi connectivity index (χ0) is 18.6.